The smallest absolute Gasteiger partial charge is 0.239 e. The highest BCUT2D eigenvalue weighted by Crippen LogP contribution is 2.44. The van der Waals surface area contributed by atoms with Gasteiger partial charge in [0.2, 0.25) is 11.8 Å². The molecule has 2 aliphatic rings. The maximum atomic E-state index is 13.3. The first-order chi connectivity index (χ1) is 12.2. The number of piperazine rings is 1. The van der Waals surface area contributed by atoms with Crippen LogP contribution in [0.2, 0.25) is 0 Å². The zero-order valence-electron chi connectivity index (χ0n) is 13.5. The molecule has 1 saturated heterocycles. The molecule has 2 heterocycles. The van der Waals surface area contributed by atoms with Gasteiger partial charge in [-0.15, -0.1) is 0 Å². The number of aliphatic hydroxyl groups excluding tert-OH is 1. The lowest BCUT2D eigenvalue weighted by molar-refractivity contribution is -0.140. The maximum Gasteiger partial charge on any atom is 0.239 e. The van der Waals surface area contributed by atoms with Gasteiger partial charge in [0, 0.05) is 17.7 Å². The Balaban J connectivity index is 1.74. The summed E-state index contributed by atoms with van der Waals surface area (Å²) in [6.07, 6.45) is 0. The Hall–Kier alpha value is -2.86. The Kier molecular flexibility index (Phi) is 3.89. The van der Waals surface area contributed by atoms with Gasteiger partial charge in [-0.2, -0.15) is 0 Å². The molecule has 0 aromatic heterocycles. The quantitative estimate of drug-likeness (QED) is 0.864. The van der Waals surface area contributed by atoms with Crippen LogP contribution >= 0.6 is 0 Å². The van der Waals surface area contributed by atoms with E-state index >= 15 is 0 Å². The normalized spacial score (nSPS) is 19.5. The number of ether oxygens (including phenoxy) is 1. The van der Waals surface area contributed by atoms with Gasteiger partial charge in [0.15, 0.2) is 0 Å². The number of rotatable bonds is 2. The lowest BCUT2D eigenvalue weighted by Gasteiger charge is -2.36. The van der Waals surface area contributed by atoms with Crippen molar-refractivity contribution in [3.8, 4) is 11.5 Å². The average molecular weight is 338 g/mol. The Morgan fingerprint density at radius 1 is 1.12 bits per heavy atom. The van der Waals surface area contributed by atoms with Crippen molar-refractivity contribution in [2.24, 2.45) is 0 Å². The highest BCUT2D eigenvalue weighted by atomic mass is 16.5. The van der Waals surface area contributed by atoms with E-state index in [1.54, 1.807) is 0 Å². The Morgan fingerprint density at radius 2 is 1.72 bits per heavy atom. The van der Waals surface area contributed by atoms with Crippen LogP contribution in [0.4, 0.5) is 0 Å². The van der Waals surface area contributed by atoms with Crippen molar-refractivity contribution in [2.75, 3.05) is 19.7 Å². The summed E-state index contributed by atoms with van der Waals surface area (Å²) in [6.45, 7) is 0.0935. The SMILES string of the molecule is O=C1CN(C(=O)C2c3ccccc3Oc3ccccc32)C[C@@H](CO)N1. The van der Waals surface area contributed by atoms with Crippen LogP contribution in [0.3, 0.4) is 0 Å². The molecule has 1 atom stereocenters. The summed E-state index contributed by atoms with van der Waals surface area (Å²) in [5.74, 6) is 0.370. The first-order valence-corrected chi connectivity index (χ1v) is 8.22. The number of hydrogen-bond acceptors (Lipinski definition) is 4. The minimum atomic E-state index is -0.522. The molecule has 25 heavy (non-hydrogen) atoms. The summed E-state index contributed by atoms with van der Waals surface area (Å²) in [4.78, 5) is 26.7. The highest BCUT2D eigenvalue weighted by Gasteiger charge is 2.37. The van der Waals surface area contributed by atoms with E-state index in [9.17, 15) is 14.7 Å². The topological polar surface area (TPSA) is 78.9 Å². The lowest BCUT2D eigenvalue weighted by atomic mass is 9.86. The molecule has 0 spiro atoms. The van der Waals surface area contributed by atoms with Crippen LogP contribution in [0.25, 0.3) is 0 Å². The number of hydrogen-bond donors (Lipinski definition) is 2. The Labute approximate surface area is 145 Å². The third-order valence-electron chi connectivity index (χ3n) is 4.60. The van der Waals surface area contributed by atoms with Crippen molar-refractivity contribution in [2.45, 2.75) is 12.0 Å². The molecule has 2 amide bonds. The molecule has 0 saturated carbocycles. The maximum absolute atomic E-state index is 13.3. The van der Waals surface area contributed by atoms with Gasteiger partial charge in [-0.25, -0.2) is 0 Å². The number of amides is 2. The number of nitrogens with zero attached hydrogens (tertiary/aromatic N) is 1. The summed E-state index contributed by atoms with van der Waals surface area (Å²) in [6, 6.07) is 14.5. The van der Waals surface area contributed by atoms with Crippen molar-refractivity contribution < 1.29 is 19.4 Å². The fourth-order valence-electron chi connectivity index (χ4n) is 3.45. The monoisotopic (exact) mass is 338 g/mol. The fourth-order valence-corrected chi connectivity index (χ4v) is 3.45. The van der Waals surface area contributed by atoms with Crippen molar-refractivity contribution in [3.05, 3.63) is 59.7 Å². The van der Waals surface area contributed by atoms with Crippen LogP contribution < -0.4 is 10.1 Å². The molecule has 6 heteroatoms. The third kappa shape index (κ3) is 2.74. The number of carbonyl (C=O) groups is 2. The van der Waals surface area contributed by atoms with Crippen LogP contribution in [-0.4, -0.2) is 47.6 Å². The molecule has 0 radical (unpaired) electrons. The standard InChI is InChI=1S/C19H18N2O4/c22-11-12-9-21(10-17(23)20-12)19(24)18-13-5-1-3-7-15(13)25-16-8-4-2-6-14(16)18/h1-8,12,18,22H,9-11H2,(H,20,23)/t12-/m0/s1. The molecule has 4 rings (SSSR count). The van der Waals surface area contributed by atoms with E-state index in [2.05, 4.69) is 5.32 Å². The number of carbonyl (C=O) groups excluding carboxylic acids is 2. The average Bonchev–Trinajstić information content (AvgIpc) is 2.65. The zero-order valence-corrected chi connectivity index (χ0v) is 13.5. The van der Waals surface area contributed by atoms with Gasteiger partial charge in [-0.1, -0.05) is 36.4 Å². The number of aliphatic hydroxyl groups is 1. The molecule has 0 bridgehead atoms. The van der Waals surface area contributed by atoms with E-state index in [0.29, 0.717) is 18.0 Å². The molecule has 128 valence electrons. The summed E-state index contributed by atoms with van der Waals surface area (Å²) >= 11 is 0. The van der Waals surface area contributed by atoms with Gasteiger partial charge in [0.1, 0.15) is 11.5 Å². The first-order valence-electron chi connectivity index (χ1n) is 8.22. The summed E-state index contributed by atoms with van der Waals surface area (Å²) in [5, 5.41) is 12.0. The molecular formula is C19H18N2O4. The highest BCUT2D eigenvalue weighted by molar-refractivity contribution is 5.93. The second kappa shape index (κ2) is 6.22. The van der Waals surface area contributed by atoms with Crippen LogP contribution in [0, 0.1) is 0 Å². The molecule has 6 nitrogen and oxygen atoms in total. The fraction of sp³-hybridized carbons (Fsp3) is 0.263. The second-order valence-corrected chi connectivity index (χ2v) is 6.28. The molecule has 1 fully saturated rings. The van der Waals surface area contributed by atoms with Crippen LogP contribution in [-0.2, 0) is 9.59 Å². The minimum Gasteiger partial charge on any atom is -0.457 e. The van der Waals surface area contributed by atoms with Gasteiger partial charge in [-0.3, -0.25) is 9.59 Å². The largest absolute Gasteiger partial charge is 0.457 e. The lowest BCUT2D eigenvalue weighted by Crippen LogP contribution is -2.57. The summed E-state index contributed by atoms with van der Waals surface area (Å²) in [7, 11) is 0. The van der Waals surface area contributed by atoms with Gasteiger partial charge in [0.05, 0.1) is 25.1 Å². The number of para-hydroxylation sites is 2. The minimum absolute atomic E-state index is 0.00295. The van der Waals surface area contributed by atoms with Crippen molar-refractivity contribution in [1.29, 1.82) is 0 Å². The van der Waals surface area contributed by atoms with Gasteiger partial charge in [0.25, 0.3) is 0 Å². The van der Waals surface area contributed by atoms with Crippen LogP contribution in [0.1, 0.15) is 17.0 Å². The first kappa shape index (κ1) is 15.7. The third-order valence-corrected chi connectivity index (χ3v) is 4.60. The Bertz CT molecular complexity index is 790. The number of nitrogens with one attached hydrogen (secondary N) is 1. The van der Waals surface area contributed by atoms with Gasteiger partial charge >= 0.3 is 0 Å². The van der Waals surface area contributed by atoms with Crippen LogP contribution in [0.15, 0.2) is 48.5 Å². The molecule has 0 unspecified atom stereocenters. The van der Waals surface area contributed by atoms with E-state index in [1.807, 2.05) is 48.5 Å². The number of fused-ring (bicyclic) bond motifs is 2. The van der Waals surface area contributed by atoms with E-state index < -0.39 is 12.0 Å². The summed E-state index contributed by atoms with van der Waals surface area (Å²) < 4.78 is 5.92. The predicted octanol–water partition coefficient (Wildman–Crippen LogP) is 1.24. The van der Waals surface area contributed by atoms with E-state index in [0.717, 1.165) is 11.1 Å². The molecule has 2 N–H and O–H groups in total. The molecule has 2 aliphatic heterocycles. The van der Waals surface area contributed by atoms with Gasteiger partial charge in [-0.05, 0) is 12.1 Å². The number of benzene rings is 2. The molecule has 0 aliphatic carbocycles. The van der Waals surface area contributed by atoms with Crippen molar-refractivity contribution in [3.63, 3.8) is 0 Å². The molecule has 2 aromatic rings. The Morgan fingerprint density at radius 3 is 2.32 bits per heavy atom. The molecular weight excluding hydrogens is 320 g/mol. The van der Waals surface area contributed by atoms with Crippen molar-refractivity contribution >= 4 is 11.8 Å². The molecule has 2 aromatic carbocycles. The van der Waals surface area contributed by atoms with Gasteiger partial charge < -0.3 is 20.1 Å². The van der Waals surface area contributed by atoms with Crippen LogP contribution in [0.5, 0.6) is 11.5 Å². The summed E-state index contributed by atoms with van der Waals surface area (Å²) in [5.41, 5.74) is 1.58. The zero-order chi connectivity index (χ0) is 17.4. The van der Waals surface area contributed by atoms with E-state index in [4.69, 9.17) is 4.74 Å². The predicted molar refractivity (Wildman–Crippen MR) is 90.4 cm³/mol. The van der Waals surface area contributed by atoms with E-state index in [-0.39, 0.29) is 25.0 Å². The van der Waals surface area contributed by atoms with E-state index in [1.165, 1.54) is 4.90 Å². The second-order valence-electron chi connectivity index (χ2n) is 6.28. The van der Waals surface area contributed by atoms with Crippen molar-refractivity contribution in [1.82, 2.24) is 10.2 Å².